The zero-order valence-electron chi connectivity index (χ0n) is 14.6. The lowest BCUT2D eigenvalue weighted by Crippen LogP contribution is -2.31. The lowest BCUT2D eigenvalue weighted by Gasteiger charge is -2.06. The molecule has 2 aromatic carbocycles. The van der Waals surface area contributed by atoms with Gasteiger partial charge in [0, 0.05) is 4.47 Å². The van der Waals surface area contributed by atoms with Gasteiger partial charge in [0.05, 0.1) is 11.4 Å². The van der Waals surface area contributed by atoms with Gasteiger partial charge in [0.25, 0.3) is 5.91 Å². The third-order valence-electron chi connectivity index (χ3n) is 3.80. The van der Waals surface area contributed by atoms with E-state index in [1.54, 1.807) is 11.6 Å². The third kappa shape index (κ3) is 4.79. The molecule has 0 fully saturated rings. The van der Waals surface area contributed by atoms with Crippen molar-refractivity contribution in [3.63, 3.8) is 0 Å². The van der Waals surface area contributed by atoms with Crippen molar-refractivity contribution in [3.05, 3.63) is 76.0 Å². The first-order chi connectivity index (χ1) is 13.0. The van der Waals surface area contributed by atoms with E-state index in [9.17, 15) is 9.59 Å². The molecule has 7 nitrogen and oxygen atoms in total. The number of halogens is 1. The van der Waals surface area contributed by atoms with Crippen molar-refractivity contribution >= 4 is 27.8 Å². The summed E-state index contributed by atoms with van der Waals surface area (Å²) in [6.45, 7) is 1.66. The van der Waals surface area contributed by atoms with E-state index in [2.05, 4.69) is 31.6 Å². The van der Waals surface area contributed by atoms with Crippen LogP contribution in [0.3, 0.4) is 0 Å². The maximum Gasteiger partial charge on any atom is 0.325 e. The number of carbonyl (C=O) groups is 2. The van der Waals surface area contributed by atoms with Crippen LogP contribution in [0.25, 0.3) is 5.69 Å². The van der Waals surface area contributed by atoms with E-state index >= 15 is 0 Å². The highest BCUT2D eigenvalue weighted by atomic mass is 79.9. The first kappa shape index (κ1) is 18.8. The molecule has 138 valence electrons. The van der Waals surface area contributed by atoms with Crippen LogP contribution in [0.5, 0.6) is 0 Å². The van der Waals surface area contributed by atoms with Crippen molar-refractivity contribution < 1.29 is 14.3 Å². The molecule has 3 rings (SSSR count). The third-order valence-corrected chi connectivity index (χ3v) is 4.29. The Labute approximate surface area is 164 Å². The smallest absolute Gasteiger partial charge is 0.325 e. The fourth-order valence-corrected chi connectivity index (χ4v) is 2.80. The summed E-state index contributed by atoms with van der Waals surface area (Å²) in [5.74, 6) is -1.00. The van der Waals surface area contributed by atoms with Gasteiger partial charge in [0.1, 0.15) is 13.2 Å². The van der Waals surface area contributed by atoms with Crippen LogP contribution in [0.1, 0.15) is 21.7 Å². The molecule has 0 aliphatic heterocycles. The van der Waals surface area contributed by atoms with Gasteiger partial charge in [-0.25, -0.2) is 4.68 Å². The fourth-order valence-electron chi connectivity index (χ4n) is 2.42. The maximum absolute atomic E-state index is 12.3. The first-order valence-electron chi connectivity index (χ1n) is 8.20. The molecular weight excluding hydrogens is 412 g/mol. The van der Waals surface area contributed by atoms with Gasteiger partial charge in [-0.1, -0.05) is 57.5 Å². The number of nitrogens with one attached hydrogen (secondary N) is 1. The van der Waals surface area contributed by atoms with Gasteiger partial charge in [0.2, 0.25) is 0 Å². The van der Waals surface area contributed by atoms with Gasteiger partial charge < -0.3 is 10.1 Å². The molecule has 8 heteroatoms. The summed E-state index contributed by atoms with van der Waals surface area (Å²) in [6.07, 6.45) is 0. The number of nitrogens with zero attached hydrogens (tertiary/aromatic N) is 3. The Morgan fingerprint density at radius 1 is 1.15 bits per heavy atom. The average molecular weight is 429 g/mol. The van der Waals surface area contributed by atoms with E-state index < -0.39 is 11.9 Å². The summed E-state index contributed by atoms with van der Waals surface area (Å²) in [7, 11) is 0. The molecule has 0 atom stereocenters. The molecular formula is C19H17BrN4O3. The summed E-state index contributed by atoms with van der Waals surface area (Å²) in [5.41, 5.74) is 2.38. The minimum Gasteiger partial charge on any atom is -0.460 e. The van der Waals surface area contributed by atoms with Crippen molar-refractivity contribution in [3.8, 4) is 5.69 Å². The molecule has 0 saturated carbocycles. The highest BCUT2D eigenvalue weighted by Crippen LogP contribution is 2.17. The number of carbonyl (C=O) groups excluding carboxylic acids is 2. The van der Waals surface area contributed by atoms with Gasteiger partial charge in [-0.15, -0.1) is 5.10 Å². The largest absolute Gasteiger partial charge is 0.460 e. The molecule has 0 saturated heterocycles. The summed E-state index contributed by atoms with van der Waals surface area (Å²) < 4.78 is 7.59. The van der Waals surface area contributed by atoms with E-state index in [0.717, 1.165) is 15.7 Å². The Hall–Kier alpha value is -3.00. The molecule has 0 spiro atoms. The van der Waals surface area contributed by atoms with Crippen molar-refractivity contribution in [2.45, 2.75) is 13.5 Å². The van der Waals surface area contributed by atoms with Gasteiger partial charge >= 0.3 is 5.97 Å². The second-order valence-electron chi connectivity index (χ2n) is 5.74. The molecule has 1 N–H and O–H groups in total. The zero-order valence-corrected chi connectivity index (χ0v) is 16.1. The highest BCUT2D eigenvalue weighted by molar-refractivity contribution is 9.10. The predicted molar refractivity (Wildman–Crippen MR) is 102 cm³/mol. The number of hydrogen-bond acceptors (Lipinski definition) is 5. The van der Waals surface area contributed by atoms with Crippen molar-refractivity contribution in [1.29, 1.82) is 0 Å². The van der Waals surface area contributed by atoms with E-state index in [1.807, 2.05) is 54.6 Å². The topological polar surface area (TPSA) is 86.1 Å². The van der Waals surface area contributed by atoms with Crippen LogP contribution < -0.4 is 5.32 Å². The van der Waals surface area contributed by atoms with Crippen LogP contribution >= 0.6 is 15.9 Å². The van der Waals surface area contributed by atoms with Gasteiger partial charge in [-0.3, -0.25) is 9.59 Å². The Morgan fingerprint density at radius 2 is 1.93 bits per heavy atom. The van der Waals surface area contributed by atoms with Gasteiger partial charge in [0.15, 0.2) is 5.69 Å². The lowest BCUT2D eigenvalue weighted by molar-refractivity contribution is -0.143. The number of rotatable bonds is 6. The van der Waals surface area contributed by atoms with Crippen molar-refractivity contribution in [2.75, 3.05) is 6.54 Å². The summed E-state index contributed by atoms with van der Waals surface area (Å²) >= 11 is 3.40. The van der Waals surface area contributed by atoms with Crippen molar-refractivity contribution in [1.82, 2.24) is 20.3 Å². The molecule has 3 aromatic rings. The number of hydrogen-bond donors (Lipinski definition) is 1. The predicted octanol–water partition coefficient (Wildman–Crippen LogP) is 2.81. The second kappa shape index (κ2) is 8.59. The number of amides is 1. The molecule has 0 radical (unpaired) electrons. The van der Waals surface area contributed by atoms with E-state index in [0.29, 0.717) is 5.69 Å². The molecule has 0 unspecified atom stereocenters. The molecule has 1 aromatic heterocycles. The Kier molecular flexibility index (Phi) is 5.97. The Bertz CT molecular complexity index is 957. The van der Waals surface area contributed by atoms with Crippen LogP contribution in [0, 0.1) is 6.92 Å². The normalized spacial score (nSPS) is 10.4. The summed E-state index contributed by atoms with van der Waals surface area (Å²) in [5, 5.41) is 10.5. The molecule has 0 bridgehead atoms. The maximum atomic E-state index is 12.3. The van der Waals surface area contributed by atoms with E-state index in [1.165, 1.54) is 0 Å². The zero-order chi connectivity index (χ0) is 19.2. The Balaban J connectivity index is 1.58. The minimum absolute atomic E-state index is 0.158. The van der Waals surface area contributed by atoms with Crippen LogP contribution in [0.2, 0.25) is 0 Å². The average Bonchev–Trinajstić information content (AvgIpc) is 3.07. The van der Waals surface area contributed by atoms with Crippen LogP contribution in [0.4, 0.5) is 0 Å². The molecule has 27 heavy (non-hydrogen) atoms. The molecule has 1 heterocycles. The number of esters is 1. The van der Waals surface area contributed by atoms with Crippen LogP contribution in [-0.2, 0) is 16.1 Å². The number of ether oxygens (including phenoxy) is 1. The SMILES string of the molecule is Cc1c(C(=O)NCC(=O)OCc2ccccc2)nnn1-c1cccc(Br)c1. The summed E-state index contributed by atoms with van der Waals surface area (Å²) in [4.78, 5) is 24.1. The monoisotopic (exact) mass is 428 g/mol. The quantitative estimate of drug-likeness (QED) is 0.610. The van der Waals surface area contributed by atoms with Crippen LogP contribution in [-0.4, -0.2) is 33.4 Å². The highest BCUT2D eigenvalue weighted by Gasteiger charge is 2.18. The van der Waals surface area contributed by atoms with Gasteiger partial charge in [-0.05, 0) is 30.7 Å². The minimum atomic E-state index is -0.524. The van der Waals surface area contributed by atoms with E-state index in [-0.39, 0.29) is 18.8 Å². The van der Waals surface area contributed by atoms with Crippen LogP contribution in [0.15, 0.2) is 59.1 Å². The fraction of sp³-hybridized carbons (Fsp3) is 0.158. The standard InChI is InChI=1S/C19H17BrN4O3/c1-13-18(22-23-24(13)16-9-5-8-15(20)10-16)19(26)21-11-17(25)27-12-14-6-3-2-4-7-14/h2-10H,11-12H2,1H3,(H,21,26). The molecule has 1 amide bonds. The Morgan fingerprint density at radius 3 is 2.67 bits per heavy atom. The molecule has 0 aliphatic carbocycles. The van der Waals surface area contributed by atoms with E-state index in [4.69, 9.17) is 4.74 Å². The lowest BCUT2D eigenvalue weighted by atomic mass is 10.2. The van der Waals surface area contributed by atoms with Gasteiger partial charge in [-0.2, -0.15) is 0 Å². The number of aromatic nitrogens is 3. The van der Waals surface area contributed by atoms with Crippen molar-refractivity contribution in [2.24, 2.45) is 0 Å². The number of benzene rings is 2. The first-order valence-corrected chi connectivity index (χ1v) is 9.00. The molecule has 0 aliphatic rings. The second-order valence-corrected chi connectivity index (χ2v) is 6.66. The summed E-state index contributed by atoms with van der Waals surface area (Å²) in [6, 6.07) is 16.8.